The molecule has 2 aromatic carbocycles. The van der Waals surface area contributed by atoms with Crippen LogP contribution in [-0.4, -0.2) is 53.0 Å². The van der Waals surface area contributed by atoms with Crippen molar-refractivity contribution in [2.24, 2.45) is 0 Å². The topological polar surface area (TPSA) is 94.2 Å². The highest BCUT2D eigenvalue weighted by atomic mass is 32.2. The van der Waals surface area contributed by atoms with E-state index in [0.29, 0.717) is 36.1 Å². The number of nitrogens with one attached hydrogen (secondary N) is 1. The first-order valence-corrected chi connectivity index (χ1v) is 11.0. The van der Waals surface area contributed by atoms with E-state index < -0.39 is 15.9 Å². The number of hydrogen-bond acceptors (Lipinski definition) is 6. The molecule has 0 aromatic heterocycles. The zero-order valence-corrected chi connectivity index (χ0v) is 17.3. The predicted molar refractivity (Wildman–Crippen MR) is 109 cm³/mol. The van der Waals surface area contributed by atoms with Crippen molar-refractivity contribution >= 4 is 21.6 Å². The molecule has 1 aliphatic heterocycles. The molecule has 0 aliphatic carbocycles. The van der Waals surface area contributed by atoms with Crippen molar-refractivity contribution in [3.63, 3.8) is 0 Å². The van der Waals surface area contributed by atoms with Gasteiger partial charge in [-0.3, -0.25) is 9.10 Å². The van der Waals surface area contributed by atoms with Crippen molar-refractivity contribution in [3.05, 3.63) is 48.3 Å². The monoisotopic (exact) mass is 438 g/mol. The molecule has 1 N–H and O–H groups in total. The highest BCUT2D eigenvalue weighted by Crippen LogP contribution is 2.34. The lowest BCUT2D eigenvalue weighted by molar-refractivity contribution is -0.119. The summed E-state index contributed by atoms with van der Waals surface area (Å²) in [5.74, 6) is 0.417. The third-order valence-corrected chi connectivity index (χ3v) is 6.05. The predicted octanol–water partition coefficient (Wildman–Crippen LogP) is 1.95. The van der Waals surface area contributed by atoms with Crippen LogP contribution in [0.1, 0.15) is 6.92 Å². The van der Waals surface area contributed by atoms with Crippen molar-refractivity contribution < 1.29 is 31.8 Å². The van der Waals surface area contributed by atoms with Gasteiger partial charge in [-0.25, -0.2) is 12.8 Å². The lowest BCUT2D eigenvalue weighted by Crippen LogP contribution is -2.42. The maximum atomic E-state index is 12.9. The molecule has 0 saturated carbocycles. The summed E-state index contributed by atoms with van der Waals surface area (Å²) < 4.78 is 55.4. The number of fused-ring (bicyclic) bond motifs is 1. The molecule has 1 heterocycles. The molecule has 0 spiro atoms. The van der Waals surface area contributed by atoms with Gasteiger partial charge in [0.25, 0.3) is 0 Å². The van der Waals surface area contributed by atoms with Crippen LogP contribution in [-0.2, 0) is 14.8 Å². The van der Waals surface area contributed by atoms with Gasteiger partial charge in [0.2, 0.25) is 15.9 Å². The molecule has 1 amide bonds. The van der Waals surface area contributed by atoms with E-state index in [-0.39, 0.29) is 31.3 Å². The van der Waals surface area contributed by atoms with E-state index >= 15 is 0 Å². The number of halogens is 1. The highest BCUT2D eigenvalue weighted by Gasteiger charge is 2.25. The first-order chi connectivity index (χ1) is 14.4. The summed E-state index contributed by atoms with van der Waals surface area (Å²) >= 11 is 0. The number of carbonyl (C=O) groups excluding carboxylic acids is 1. The van der Waals surface area contributed by atoms with Crippen molar-refractivity contribution in [2.45, 2.75) is 6.92 Å². The van der Waals surface area contributed by atoms with E-state index in [9.17, 15) is 17.6 Å². The van der Waals surface area contributed by atoms with Gasteiger partial charge in [0.05, 0.1) is 18.0 Å². The van der Waals surface area contributed by atoms with Gasteiger partial charge in [0, 0.05) is 6.07 Å². The van der Waals surface area contributed by atoms with Gasteiger partial charge < -0.3 is 19.5 Å². The second-order valence-corrected chi connectivity index (χ2v) is 8.57. The lowest BCUT2D eigenvalue weighted by atomic mass is 10.2. The van der Waals surface area contributed by atoms with Crippen LogP contribution in [0.4, 0.5) is 10.1 Å². The van der Waals surface area contributed by atoms with Crippen molar-refractivity contribution in [2.75, 3.05) is 43.0 Å². The summed E-state index contributed by atoms with van der Waals surface area (Å²) in [5.41, 5.74) is 0.318. The van der Waals surface area contributed by atoms with Crippen LogP contribution < -0.4 is 23.8 Å². The SMILES string of the molecule is CCS(=O)(=O)N(CC(=O)NCCOc1ccc(F)cc1)c1ccc2c(c1)OCCO2. The Morgan fingerprint density at radius 3 is 2.53 bits per heavy atom. The van der Waals surface area contributed by atoms with Crippen LogP contribution in [0, 0.1) is 5.82 Å². The summed E-state index contributed by atoms with van der Waals surface area (Å²) in [6.07, 6.45) is 0. The summed E-state index contributed by atoms with van der Waals surface area (Å²) in [7, 11) is -3.70. The van der Waals surface area contributed by atoms with Gasteiger partial charge in [-0.1, -0.05) is 0 Å². The molecule has 0 radical (unpaired) electrons. The fourth-order valence-corrected chi connectivity index (χ4v) is 3.83. The number of hydrogen-bond donors (Lipinski definition) is 1. The number of rotatable bonds is 9. The minimum absolute atomic E-state index is 0.155. The molecule has 0 fully saturated rings. The third-order valence-electron chi connectivity index (χ3n) is 4.31. The largest absolute Gasteiger partial charge is 0.492 e. The smallest absolute Gasteiger partial charge is 0.240 e. The van der Waals surface area contributed by atoms with Crippen molar-refractivity contribution in [1.82, 2.24) is 5.32 Å². The summed E-state index contributed by atoms with van der Waals surface area (Å²) in [5, 5.41) is 2.62. The maximum absolute atomic E-state index is 12.9. The Hall–Kier alpha value is -3.01. The van der Waals surface area contributed by atoms with E-state index in [0.717, 1.165) is 4.31 Å². The highest BCUT2D eigenvalue weighted by molar-refractivity contribution is 7.92. The normalized spacial score (nSPS) is 12.9. The van der Waals surface area contributed by atoms with Crippen LogP contribution in [0.25, 0.3) is 0 Å². The van der Waals surface area contributed by atoms with Gasteiger partial charge in [0.15, 0.2) is 11.5 Å². The quantitative estimate of drug-likeness (QED) is 0.602. The molecule has 30 heavy (non-hydrogen) atoms. The summed E-state index contributed by atoms with van der Waals surface area (Å²) in [6.45, 7) is 2.23. The van der Waals surface area contributed by atoms with Crippen LogP contribution in [0.2, 0.25) is 0 Å². The number of anilines is 1. The van der Waals surface area contributed by atoms with Crippen molar-refractivity contribution in [3.8, 4) is 17.2 Å². The summed E-state index contributed by atoms with van der Waals surface area (Å²) in [4.78, 5) is 12.4. The summed E-state index contributed by atoms with van der Waals surface area (Å²) in [6, 6.07) is 10.3. The minimum atomic E-state index is -3.70. The fraction of sp³-hybridized carbons (Fsp3) is 0.350. The molecule has 10 heteroatoms. The molecule has 0 bridgehead atoms. The number of benzene rings is 2. The number of carbonyl (C=O) groups is 1. The molecule has 0 unspecified atom stereocenters. The first kappa shape index (κ1) is 21.7. The van der Waals surface area contributed by atoms with Gasteiger partial charge in [-0.15, -0.1) is 0 Å². The number of ether oxygens (including phenoxy) is 3. The van der Waals surface area contributed by atoms with E-state index in [1.54, 1.807) is 18.2 Å². The lowest BCUT2D eigenvalue weighted by Gasteiger charge is -2.25. The zero-order chi connectivity index (χ0) is 21.6. The maximum Gasteiger partial charge on any atom is 0.240 e. The van der Waals surface area contributed by atoms with Crippen molar-refractivity contribution in [1.29, 1.82) is 0 Å². The Balaban J connectivity index is 1.61. The first-order valence-electron chi connectivity index (χ1n) is 9.44. The molecule has 8 nitrogen and oxygen atoms in total. The zero-order valence-electron chi connectivity index (χ0n) is 16.5. The Morgan fingerprint density at radius 1 is 1.13 bits per heavy atom. The third kappa shape index (κ3) is 5.53. The van der Waals surface area contributed by atoms with Gasteiger partial charge >= 0.3 is 0 Å². The molecule has 0 saturated heterocycles. The minimum Gasteiger partial charge on any atom is -0.492 e. The molecule has 0 atom stereocenters. The van der Waals surface area contributed by atoms with Crippen LogP contribution >= 0.6 is 0 Å². The number of nitrogens with zero attached hydrogens (tertiary/aromatic N) is 1. The molecule has 1 aliphatic rings. The van der Waals surface area contributed by atoms with Gasteiger partial charge in [0.1, 0.15) is 37.9 Å². The van der Waals surface area contributed by atoms with Gasteiger partial charge in [-0.2, -0.15) is 0 Å². The van der Waals surface area contributed by atoms with E-state index in [1.165, 1.54) is 31.2 Å². The molecule has 3 rings (SSSR count). The Morgan fingerprint density at radius 2 is 1.83 bits per heavy atom. The second kappa shape index (κ2) is 9.66. The standard InChI is InChI=1S/C20H23FN2O6S/c1-2-30(25,26)23(16-5-8-18-19(13-16)29-12-11-28-18)14-20(24)22-9-10-27-17-6-3-15(21)4-7-17/h3-8,13H,2,9-12,14H2,1H3,(H,22,24). The number of amides is 1. The molecular weight excluding hydrogens is 415 g/mol. The Labute approximate surface area is 174 Å². The Kier molecular flexibility index (Phi) is 6.99. The Bertz CT molecular complexity index is 981. The molecule has 2 aromatic rings. The van der Waals surface area contributed by atoms with E-state index in [2.05, 4.69) is 5.32 Å². The van der Waals surface area contributed by atoms with E-state index in [4.69, 9.17) is 14.2 Å². The average Bonchev–Trinajstić information content (AvgIpc) is 2.76. The van der Waals surface area contributed by atoms with E-state index in [1.807, 2.05) is 0 Å². The van der Waals surface area contributed by atoms with Crippen LogP contribution in [0.3, 0.4) is 0 Å². The van der Waals surface area contributed by atoms with Crippen LogP contribution in [0.5, 0.6) is 17.2 Å². The van der Waals surface area contributed by atoms with Crippen LogP contribution in [0.15, 0.2) is 42.5 Å². The van der Waals surface area contributed by atoms with Gasteiger partial charge in [-0.05, 0) is 43.3 Å². The molecule has 162 valence electrons. The number of sulfonamides is 1. The average molecular weight is 438 g/mol. The fourth-order valence-electron chi connectivity index (χ4n) is 2.77. The second-order valence-electron chi connectivity index (χ2n) is 6.39. The molecular formula is C20H23FN2O6S.